The van der Waals surface area contributed by atoms with E-state index in [9.17, 15) is 4.79 Å². The number of ether oxygens (including phenoxy) is 1. The predicted molar refractivity (Wildman–Crippen MR) is 106 cm³/mol. The molecule has 0 aliphatic rings. The summed E-state index contributed by atoms with van der Waals surface area (Å²) in [5, 5.41) is 0. The van der Waals surface area contributed by atoms with E-state index < -0.39 is 5.97 Å². The van der Waals surface area contributed by atoms with E-state index in [4.69, 9.17) is 10.5 Å². The number of hydrogen-bond donors (Lipinski definition) is 1. The van der Waals surface area contributed by atoms with Crippen molar-refractivity contribution < 1.29 is 9.53 Å². The number of rotatable bonds is 9. The molecule has 0 radical (unpaired) electrons. The van der Waals surface area contributed by atoms with Gasteiger partial charge in [0.1, 0.15) is 0 Å². The fourth-order valence-corrected chi connectivity index (χ4v) is 3.24. The van der Waals surface area contributed by atoms with E-state index in [1.165, 1.54) is 52.1 Å². The molecule has 0 spiro atoms. The zero-order valence-corrected chi connectivity index (χ0v) is 16.9. The number of aromatic nitrogens is 1. The summed E-state index contributed by atoms with van der Waals surface area (Å²) in [6.07, 6.45) is 11.0. The van der Waals surface area contributed by atoms with E-state index in [1.54, 1.807) is 0 Å². The minimum atomic E-state index is -0.426. The van der Waals surface area contributed by atoms with Gasteiger partial charge in [-0.2, -0.15) is 4.37 Å². The molecule has 5 heteroatoms. The molecule has 1 rings (SSSR count). The third kappa shape index (κ3) is 8.92. The Morgan fingerprint density at radius 2 is 1.72 bits per heavy atom. The standard InChI is InChI=1S/C20H32N2O2S/c1-20(2,3)15-13-11-9-7-5-6-8-10-12-14-16-17(19(23)24-4)25-22-18(16)21/h5-11,13,15H2,1-4H3,(H2,21,22). The van der Waals surface area contributed by atoms with Gasteiger partial charge in [0.2, 0.25) is 0 Å². The smallest absolute Gasteiger partial charge is 0.351 e. The van der Waals surface area contributed by atoms with Crippen molar-refractivity contribution in [2.24, 2.45) is 5.41 Å². The summed E-state index contributed by atoms with van der Waals surface area (Å²) in [5.74, 6) is 5.97. The molecule has 0 atom stereocenters. The Morgan fingerprint density at radius 3 is 2.32 bits per heavy atom. The predicted octanol–water partition coefficient (Wildman–Crippen LogP) is 5.42. The molecule has 0 aromatic carbocycles. The maximum absolute atomic E-state index is 11.6. The van der Waals surface area contributed by atoms with Crippen molar-refractivity contribution in [2.45, 2.75) is 78.6 Å². The van der Waals surface area contributed by atoms with Crippen LogP contribution in [0.15, 0.2) is 0 Å². The van der Waals surface area contributed by atoms with Gasteiger partial charge >= 0.3 is 5.97 Å². The van der Waals surface area contributed by atoms with Gasteiger partial charge in [-0.3, -0.25) is 0 Å². The number of anilines is 1. The number of nitrogens with zero attached hydrogens (tertiary/aromatic N) is 1. The molecule has 1 aromatic rings. The Kier molecular flexibility index (Phi) is 9.59. The van der Waals surface area contributed by atoms with Crippen LogP contribution in [0.2, 0.25) is 0 Å². The van der Waals surface area contributed by atoms with E-state index in [2.05, 4.69) is 37.0 Å². The second-order valence-electron chi connectivity index (χ2n) is 7.60. The van der Waals surface area contributed by atoms with E-state index in [1.807, 2.05) is 0 Å². The lowest BCUT2D eigenvalue weighted by atomic mass is 9.89. The second kappa shape index (κ2) is 11.1. The molecular weight excluding hydrogens is 332 g/mol. The number of nitrogens with two attached hydrogens (primary N) is 1. The lowest BCUT2D eigenvalue weighted by Crippen LogP contribution is -2.03. The molecule has 4 nitrogen and oxygen atoms in total. The molecule has 140 valence electrons. The Balaban J connectivity index is 2.16. The molecule has 0 amide bonds. The van der Waals surface area contributed by atoms with Crippen molar-refractivity contribution in [1.29, 1.82) is 0 Å². The first-order valence-corrected chi connectivity index (χ1v) is 9.95. The summed E-state index contributed by atoms with van der Waals surface area (Å²) >= 11 is 1.04. The van der Waals surface area contributed by atoms with Crippen LogP contribution < -0.4 is 5.73 Å². The number of carbonyl (C=O) groups excluding carboxylic acids is 1. The van der Waals surface area contributed by atoms with Crippen LogP contribution in [0.5, 0.6) is 0 Å². The van der Waals surface area contributed by atoms with Gasteiger partial charge < -0.3 is 10.5 Å². The van der Waals surface area contributed by atoms with Crippen molar-refractivity contribution >= 4 is 23.3 Å². The van der Waals surface area contributed by atoms with Crippen LogP contribution >= 0.6 is 11.5 Å². The van der Waals surface area contributed by atoms with Gasteiger partial charge in [-0.1, -0.05) is 71.1 Å². The van der Waals surface area contributed by atoms with Crippen LogP contribution in [0.4, 0.5) is 5.82 Å². The van der Waals surface area contributed by atoms with Crippen LogP contribution in [0, 0.1) is 17.3 Å². The number of esters is 1. The zero-order valence-electron chi connectivity index (χ0n) is 16.1. The van der Waals surface area contributed by atoms with Gasteiger partial charge in [-0.25, -0.2) is 4.79 Å². The van der Waals surface area contributed by atoms with Crippen LogP contribution in [0.25, 0.3) is 0 Å². The molecule has 25 heavy (non-hydrogen) atoms. The van der Waals surface area contributed by atoms with Gasteiger partial charge in [0.15, 0.2) is 10.7 Å². The Bertz CT molecular complexity index is 591. The first-order valence-electron chi connectivity index (χ1n) is 9.17. The highest BCUT2D eigenvalue weighted by molar-refractivity contribution is 7.08. The number of carbonyl (C=O) groups is 1. The highest BCUT2D eigenvalue weighted by Gasteiger charge is 2.17. The molecule has 0 unspecified atom stereocenters. The fraction of sp³-hybridized carbons (Fsp3) is 0.700. The van der Waals surface area contributed by atoms with Crippen LogP contribution in [-0.4, -0.2) is 17.5 Å². The number of unbranched alkanes of at least 4 members (excludes halogenated alkanes) is 7. The van der Waals surface area contributed by atoms with Crippen LogP contribution in [0.1, 0.15) is 93.8 Å². The average molecular weight is 365 g/mol. The van der Waals surface area contributed by atoms with Crippen molar-refractivity contribution in [1.82, 2.24) is 4.37 Å². The molecule has 0 bridgehead atoms. The zero-order chi connectivity index (χ0) is 18.7. The minimum absolute atomic E-state index is 0.313. The van der Waals surface area contributed by atoms with Crippen molar-refractivity contribution in [2.75, 3.05) is 12.8 Å². The van der Waals surface area contributed by atoms with E-state index in [-0.39, 0.29) is 0 Å². The maximum Gasteiger partial charge on any atom is 0.351 e. The third-order valence-electron chi connectivity index (χ3n) is 4.03. The summed E-state index contributed by atoms with van der Waals surface area (Å²) in [4.78, 5) is 12.0. The van der Waals surface area contributed by atoms with Crippen LogP contribution in [-0.2, 0) is 4.74 Å². The molecule has 0 aliphatic heterocycles. The maximum atomic E-state index is 11.6. The lowest BCUT2D eigenvalue weighted by Gasteiger charge is -2.17. The van der Waals surface area contributed by atoms with E-state index >= 15 is 0 Å². The Hall–Kier alpha value is -1.54. The summed E-state index contributed by atoms with van der Waals surface area (Å²) in [5.41, 5.74) is 6.75. The number of hydrogen-bond acceptors (Lipinski definition) is 5. The summed E-state index contributed by atoms with van der Waals surface area (Å²) in [6, 6.07) is 0. The van der Waals surface area contributed by atoms with E-state index in [0.29, 0.717) is 21.7 Å². The summed E-state index contributed by atoms with van der Waals surface area (Å²) in [6.45, 7) is 6.92. The normalized spacial score (nSPS) is 11.0. The largest absolute Gasteiger partial charge is 0.465 e. The molecule has 0 aliphatic carbocycles. The first kappa shape index (κ1) is 21.5. The topological polar surface area (TPSA) is 65.2 Å². The van der Waals surface area contributed by atoms with Crippen molar-refractivity contribution in [3.8, 4) is 11.8 Å². The van der Waals surface area contributed by atoms with Gasteiger partial charge in [-0.05, 0) is 29.8 Å². The SMILES string of the molecule is COC(=O)c1snc(N)c1C#CCCCCCCCCCC(C)(C)C. The molecule has 2 N–H and O–H groups in total. The highest BCUT2D eigenvalue weighted by atomic mass is 32.1. The molecule has 0 saturated carbocycles. The van der Waals surface area contributed by atoms with Crippen molar-refractivity contribution in [3.63, 3.8) is 0 Å². The van der Waals surface area contributed by atoms with Gasteiger partial charge in [0.25, 0.3) is 0 Å². The lowest BCUT2D eigenvalue weighted by molar-refractivity contribution is 0.0606. The summed E-state index contributed by atoms with van der Waals surface area (Å²) in [7, 11) is 1.35. The molecule has 0 fully saturated rings. The Labute approximate surface area is 156 Å². The monoisotopic (exact) mass is 364 g/mol. The number of methoxy groups -OCH3 is 1. The first-order chi connectivity index (χ1) is 11.8. The molecular formula is C20H32N2O2S. The highest BCUT2D eigenvalue weighted by Crippen LogP contribution is 2.23. The van der Waals surface area contributed by atoms with Gasteiger partial charge in [0, 0.05) is 6.42 Å². The van der Waals surface area contributed by atoms with E-state index in [0.717, 1.165) is 24.4 Å². The summed E-state index contributed by atoms with van der Waals surface area (Å²) < 4.78 is 8.70. The van der Waals surface area contributed by atoms with Gasteiger partial charge in [0.05, 0.1) is 12.7 Å². The minimum Gasteiger partial charge on any atom is -0.465 e. The Morgan fingerprint density at radius 1 is 1.12 bits per heavy atom. The molecule has 1 aromatic heterocycles. The second-order valence-corrected chi connectivity index (χ2v) is 8.37. The average Bonchev–Trinajstić information content (AvgIpc) is 2.91. The van der Waals surface area contributed by atoms with Crippen LogP contribution in [0.3, 0.4) is 0 Å². The fourth-order valence-electron chi connectivity index (χ4n) is 2.56. The molecule has 1 heterocycles. The van der Waals surface area contributed by atoms with Crippen molar-refractivity contribution in [3.05, 3.63) is 10.4 Å². The quantitative estimate of drug-likeness (QED) is 0.361. The van der Waals surface area contributed by atoms with Gasteiger partial charge in [-0.15, -0.1) is 0 Å². The molecule has 0 saturated heterocycles. The number of nitrogen functional groups attached to an aromatic ring is 1. The third-order valence-corrected chi connectivity index (χ3v) is 4.87.